The summed E-state index contributed by atoms with van der Waals surface area (Å²) < 4.78 is 14.5. The van der Waals surface area contributed by atoms with Crippen molar-refractivity contribution in [2.75, 3.05) is 14.2 Å². The summed E-state index contributed by atoms with van der Waals surface area (Å²) in [5.41, 5.74) is -1.44. The van der Waals surface area contributed by atoms with Crippen LogP contribution in [0.5, 0.6) is 0 Å². The molecule has 0 spiro atoms. The molecular weight excluding hydrogens is 374 g/mol. The molecule has 1 aromatic rings. The molecule has 1 aromatic heterocycles. The van der Waals surface area contributed by atoms with E-state index in [9.17, 15) is 24.3 Å². The summed E-state index contributed by atoms with van der Waals surface area (Å²) in [6, 6.07) is -0.959. The molecule has 11 nitrogen and oxygen atoms in total. The smallest absolute Gasteiger partial charge is 0.408 e. The van der Waals surface area contributed by atoms with Gasteiger partial charge < -0.3 is 24.6 Å². The summed E-state index contributed by atoms with van der Waals surface area (Å²) in [4.78, 5) is 48.2. The van der Waals surface area contributed by atoms with Gasteiger partial charge in [-0.05, 0) is 27.2 Å². The number of amides is 1. The van der Waals surface area contributed by atoms with Crippen LogP contribution < -0.4 is 5.32 Å². The molecule has 1 aliphatic carbocycles. The van der Waals surface area contributed by atoms with Gasteiger partial charge in [0.05, 0.1) is 26.2 Å². The number of alkyl carbamates (subject to hydrolysis) is 1. The molecule has 0 unspecified atom stereocenters. The van der Waals surface area contributed by atoms with Crippen LogP contribution in [0.3, 0.4) is 0 Å². The van der Waals surface area contributed by atoms with Crippen molar-refractivity contribution in [2.45, 2.75) is 44.8 Å². The zero-order valence-corrected chi connectivity index (χ0v) is 16.1. The Morgan fingerprint density at radius 1 is 1.00 bits per heavy atom. The predicted molar refractivity (Wildman–Crippen MR) is 91.8 cm³/mol. The quantitative estimate of drug-likeness (QED) is 0.561. The average Bonchev–Trinajstić information content (AvgIpc) is 2.97. The highest BCUT2D eigenvalue weighted by atomic mass is 16.6. The Balaban J connectivity index is 2.61. The number of rotatable bonds is 4. The largest absolute Gasteiger partial charge is 0.481 e. The van der Waals surface area contributed by atoms with Crippen LogP contribution in [0.1, 0.15) is 71.3 Å². The van der Waals surface area contributed by atoms with Crippen molar-refractivity contribution in [2.24, 2.45) is 0 Å². The fourth-order valence-corrected chi connectivity index (χ4v) is 2.94. The minimum atomic E-state index is -1.26. The third kappa shape index (κ3) is 4.18. The molecule has 1 amide bonds. The Morgan fingerprint density at radius 2 is 1.50 bits per heavy atom. The van der Waals surface area contributed by atoms with Gasteiger partial charge in [-0.2, -0.15) is 0 Å². The summed E-state index contributed by atoms with van der Waals surface area (Å²) >= 11 is 0. The van der Waals surface area contributed by atoms with Crippen molar-refractivity contribution in [1.29, 1.82) is 0 Å². The number of nitrogens with zero attached hydrogens (tertiary/aromatic N) is 2. The van der Waals surface area contributed by atoms with Crippen LogP contribution in [-0.2, 0) is 19.0 Å². The van der Waals surface area contributed by atoms with Gasteiger partial charge in [-0.15, -0.1) is 10.2 Å². The maximum atomic E-state index is 12.2. The fraction of sp³-hybridized carbons (Fsp3) is 0.529. The van der Waals surface area contributed by atoms with Gasteiger partial charge in [0, 0.05) is 11.1 Å². The summed E-state index contributed by atoms with van der Waals surface area (Å²) in [6.07, 6.45) is -0.951. The molecule has 0 aromatic carbocycles. The molecule has 0 bridgehead atoms. The summed E-state index contributed by atoms with van der Waals surface area (Å²) in [5, 5.41) is 19.5. The number of carbonyl (C=O) groups is 4. The molecule has 0 aliphatic heterocycles. The number of carboxylic acids is 1. The van der Waals surface area contributed by atoms with Crippen LogP contribution >= 0.6 is 0 Å². The van der Waals surface area contributed by atoms with E-state index in [0.29, 0.717) is 0 Å². The number of aliphatic carboxylic acids is 1. The molecule has 0 saturated heterocycles. The van der Waals surface area contributed by atoms with Crippen molar-refractivity contribution < 1.29 is 38.5 Å². The fourth-order valence-electron chi connectivity index (χ4n) is 2.94. The molecule has 1 heterocycles. The minimum Gasteiger partial charge on any atom is -0.481 e. The normalized spacial score (nSPS) is 18.0. The number of ether oxygens (including phenoxy) is 3. The van der Waals surface area contributed by atoms with Gasteiger partial charge in [0.15, 0.2) is 11.4 Å². The number of aromatic nitrogens is 2. The number of carbonyl (C=O) groups excluding carboxylic acids is 3. The topological polar surface area (TPSA) is 154 Å². The van der Waals surface area contributed by atoms with Gasteiger partial charge in [-0.3, -0.25) is 4.79 Å². The number of fused-ring (bicyclic) bond motifs is 1. The van der Waals surface area contributed by atoms with Crippen LogP contribution in [0.2, 0.25) is 0 Å². The second-order valence-corrected chi connectivity index (χ2v) is 7.03. The molecule has 0 fully saturated rings. The van der Waals surface area contributed by atoms with E-state index in [1.165, 1.54) is 0 Å². The molecule has 2 atom stereocenters. The lowest BCUT2D eigenvalue weighted by Gasteiger charge is -2.22. The van der Waals surface area contributed by atoms with Crippen molar-refractivity contribution in [3.05, 3.63) is 22.5 Å². The van der Waals surface area contributed by atoms with E-state index in [1.807, 2.05) is 0 Å². The van der Waals surface area contributed by atoms with Crippen molar-refractivity contribution in [1.82, 2.24) is 15.5 Å². The molecule has 2 N–H and O–H groups in total. The van der Waals surface area contributed by atoms with Crippen LogP contribution in [0.15, 0.2) is 0 Å². The lowest BCUT2D eigenvalue weighted by atomic mass is 9.99. The van der Waals surface area contributed by atoms with E-state index in [4.69, 9.17) is 4.74 Å². The summed E-state index contributed by atoms with van der Waals surface area (Å²) in [6.45, 7) is 4.99. The Bertz CT molecular complexity index is 830. The highest BCUT2D eigenvalue weighted by Gasteiger charge is 2.44. The maximum Gasteiger partial charge on any atom is 0.408 e. The number of methoxy groups -OCH3 is 2. The number of nitrogens with one attached hydrogen (secondary N) is 1. The lowest BCUT2D eigenvalue weighted by molar-refractivity contribution is -0.138. The van der Waals surface area contributed by atoms with E-state index in [1.54, 1.807) is 20.8 Å². The summed E-state index contributed by atoms with van der Waals surface area (Å²) in [5.74, 6) is -4.28. The lowest BCUT2D eigenvalue weighted by Crippen LogP contribution is -2.35. The van der Waals surface area contributed by atoms with Gasteiger partial charge in [0.2, 0.25) is 0 Å². The van der Waals surface area contributed by atoms with Gasteiger partial charge in [0.25, 0.3) is 0 Å². The molecule has 2 rings (SSSR count). The zero-order chi connectivity index (χ0) is 21.2. The van der Waals surface area contributed by atoms with Gasteiger partial charge in [-0.1, -0.05) is 0 Å². The van der Waals surface area contributed by atoms with Crippen LogP contribution in [-0.4, -0.2) is 59.1 Å². The molecule has 152 valence electrons. The third-order valence-electron chi connectivity index (χ3n) is 3.97. The Labute approximate surface area is 160 Å². The molecule has 0 radical (unpaired) electrons. The SMILES string of the molecule is COC(=O)c1nnc(C(=O)OC)c2c1[C@@H](C(=O)O)C[C@H]2NC(=O)OC(C)(C)C. The number of esters is 2. The molecule has 1 aliphatic rings. The van der Waals surface area contributed by atoms with E-state index in [-0.39, 0.29) is 28.9 Å². The van der Waals surface area contributed by atoms with E-state index in [2.05, 4.69) is 25.0 Å². The van der Waals surface area contributed by atoms with Gasteiger partial charge >= 0.3 is 24.0 Å². The van der Waals surface area contributed by atoms with Crippen LogP contribution in [0, 0.1) is 0 Å². The van der Waals surface area contributed by atoms with Crippen molar-refractivity contribution in [3.8, 4) is 0 Å². The zero-order valence-electron chi connectivity index (χ0n) is 16.1. The third-order valence-corrected chi connectivity index (χ3v) is 3.97. The maximum absolute atomic E-state index is 12.2. The minimum absolute atomic E-state index is 0.0421. The van der Waals surface area contributed by atoms with E-state index >= 15 is 0 Å². The Hall–Kier alpha value is -3.24. The molecular formula is C17H21N3O8. The van der Waals surface area contributed by atoms with Gasteiger partial charge in [-0.25, -0.2) is 14.4 Å². The highest BCUT2D eigenvalue weighted by molar-refractivity contribution is 5.96. The first kappa shape index (κ1) is 21.1. The first-order valence-corrected chi connectivity index (χ1v) is 8.29. The standard InChI is InChI=1S/C17H21N3O8/c1-17(2,3)28-16(25)18-8-6-7(13(21)22)9-10(8)12(15(24)27-5)20-19-11(9)14(23)26-4/h7-8H,6H2,1-5H3,(H,18,25)(H,21,22)/t7-,8+/m0/s1. The summed E-state index contributed by atoms with van der Waals surface area (Å²) in [7, 11) is 2.22. The molecule has 11 heteroatoms. The number of carboxylic acid groups (broad SMARTS) is 1. The number of hydrogen-bond acceptors (Lipinski definition) is 9. The first-order chi connectivity index (χ1) is 13.0. The Morgan fingerprint density at radius 3 is 1.93 bits per heavy atom. The first-order valence-electron chi connectivity index (χ1n) is 8.29. The Kier molecular flexibility index (Phi) is 5.86. The van der Waals surface area contributed by atoms with Crippen LogP contribution in [0.4, 0.5) is 4.79 Å². The van der Waals surface area contributed by atoms with Gasteiger partial charge in [0.1, 0.15) is 5.60 Å². The van der Waals surface area contributed by atoms with E-state index < -0.39 is 41.6 Å². The van der Waals surface area contributed by atoms with Crippen molar-refractivity contribution in [3.63, 3.8) is 0 Å². The van der Waals surface area contributed by atoms with Crippen molar-refractivity contribution >= 4 is 24.0 Å². The average molecular weight is 395 g/mol. The van der Waals surface area contributed by atoms with E-state index in [0.717, 1.165) is 14.2 Å². The number of hydrogen-bond donors (Lipinski definition) is 2. The highest BCUT2D eigenvalue weighted by Crippen LogP contribution is 2.43. The monoisotopic (exact) mass is 395 g/mol. The van der Waals surface area contributed by atoms with Crippen LogP contribution in [0.25, 0.3) is 0 Å². The second-order valence-electron chi connectivity index (χ2n) is 7.03. The molecule has 28 heavy (non-hydrogen) atoms. The predicted octanol–water partition coefficient (Wildman–Crippen LogP) is 1.19. The second kappa shape index (κ2) is 7.79. The molecule has 0 saturated carbocycles.